The van der Waals surface area contributed by atoms with Gasteiger partial charge in [-0.3, -0.25) is 0 Å². The minimum atomic E-state index is 0.218. The van der Waals surface area contributed by atoms with E-state index in [0.717, 1.165) is 12.8 Å². The predicted molar refractivity (Wildman–Crippen MR) is 235 cm³/mol. The molecule has 0 spiro atoms. The molecule has 0 N–H and O–H groups in total. The molecule has 0 saturated heterocycles. The van der Waals surface area contributed by atoms with E-state index in [1.54, 1.807) is 0 Å². The molecule has 0 fully saturated rings. The van der Waals surface area contributed by atoms with E-state index in [1.807, 2.05) is 0 Å². The van der Waals surface area contributed by atoms with Crippen molar-refractivity contribution in [3.8, 4) is 33.4 Å². The standard InChI is InChI=1S/C54H41N/c1-2-19-44(20-3-1)55(45-32-27-41(28-33-45)49-24-10-16-38-13-4-7-21-47(38)49)46-34-29-42(30-35-46)54-37-43(51-25-11-17-39-14-5-8-22-48(39)51)31-36-53(54)52-26-12-18-40-15-6-9-23-50(40)52/h1-15,17-19,21-38,44H,16,20H2. The number of anilines is 2. The van der Waals surface area contributed by atoms with Gasteiger partial charge in [-0.25, -0.2) is 0 Å². The van der Waals surface area contributed by atoms with Crippen molar-refractivity contribution < 1.29 is 0 Å². The van der Waals surface area contributed by atoms with E-state index in [9.17, 15) is 0 Å². The van der Waals surface area contributed by atoms with Crippen LogP contribution in [0.25, 0.3) is 60.5 Å². The van der Waals surface area contributed by atoms with Gasteiger partial charge in [0.25, 0.3) is 0 Å². The zero-order chi connectivity index (χ0) is 36.6. The Hall–Kier alpha value is -6.70. The van der Waals surface area contributed by atoms with Gasteiger partial charge < -0.3 is 4.90 Å². The molecule has 7 aromatic carbocycles. The van der Waals surface area contributed by atoms with Gasteiger partial charge in [-0.1, -0.05) is 182 Å². The third-order valence-electron chi connectivity index (χ3n) is 11.5. The average Bonchev–Trinajstić information content (AvgIpc) is 3.27. The first-order valence-electron chi connectivity index (χ1n) is 19.5. The molecule has 3 aliphatic carbocycles. The molecular formula is C54H41N. The van der Waals surface area contributed by atoms with Gasteiger partial charge >= 0.3 is 0 Å². The molecule has 2 atom stereocenters. The Kier molecular flexibility index (Phi) is 8.54. The Morgan fingerprint density at radius 2 is 1.05 bits per heavy atom. The first-order chi connectivity index (χ1) is 27.3. The SMILES string of the molecule is C1=CCC(N(c2ccc(C3=C4C=CC=CC4CC=C3)cc2)c2ccc(-c3cc(-c4cccc5ccccc45)ccc3-c3cccc4ccccc34)cc2)C=C1. The predicted octanol–water partition coefficient (Wildman–Crippen LogP) is 14.5. The highest BCUT2D eigenvalue weighted by atomic mass is 15.2. The van der Waals surface area contributed by atoms with E-state index in [4.69, 9.17) is 0 Å². The Balaban J connectivity index is 1.07. The second kappa shape index (κ2) is 14.3. The summed E-state index contributed by atoms with van der Waals surface area (Å²) >= 11 is 0. The molecular weight excluding hydrogens is 663 g/mol. The van der Waals surface area contributed by atoms with E-state index < -0.39 is 0 Å². The summed E-state index contributed by atoms with van der Waals surface area (Å²) in [6, 6.07) is 56.4. The molecule has 3 aliphatic rings. The molecule has 1 heteroatoms. The summed E-state index contributed by atoms with van der Waals surface area (Å²) in [7, 11) is 0. The van der Waals surface area contributed by atoms with Gasteiger partial charge in [0.05, 0.1) is 6.04 Å². The lowest BCUT2D eigenvalue weighted by Crippen LogP contribution is -2.29. The van der Waals surface area contributed by atoms with Crippen LogP contribution < -0.4 is 4.90 Å². The Labute approximate surface area is 323 Å². The largest absolute Gasteiger partial charge is 0.334 e. The molecule has 262 valence electrons. The molecule has 0 aromatic heterocycles. The number of allylic oxidation sites excluding steroid dienone is 10. The molecule has 55 heavy (non-hydrogen) atoms. The van der Waals surface area contributed by atoms with Gasteiger partial charge in [-0.2, -0.15) is 0 Å². The van der Waals surface area contributed by atoms with Gasteiger partial charge in [0, 0.05) is 17.3 Å². The molecule has 7 aromatic rings. The zero-order valence-electron chi connectivity index (χ0n) is 30.7. The quantitative estimate of drug-likeness (QED) is 0.160. The molecule has 0 bridgehead atoms. The first kappa shape index (κ1) is 32.9. The summed E-state index contributed by atoms with van der Waals surface area (Å²) in [6.45, 7) is 0. The van der Waals surface area contributed by atoms with Gasteiger partial charge in [0.2, 0.25) is 0 Å². The third kappa shape index (κ3) is 6.18. The molecule has 0 heterocycles. The highest BCUT2D eigenvalue weighted by Gasteiger charge is 2.22. The average molecular weight is 704 g/mol. The summed E-state index contributed by atoms with van der Waals surface area (Å²) in [5.41, 5.74) is 13.8. The second-order valence-electron chi connectivity index (χ2n) is 14.8. The topological polar surface area (TPSA) is 3.24 Å². The van der Waals surface area contributed by atoms with Gasteiger partial charge in [0.1, 0.15) is 0 Å². The van der Waals surface area contributed by atoms with Crippen molar-refractivity contribution in [2.24, 2.45) is 5.92 Å². The minimum Gasteiger partial charge on any atom is -0.334 e. The minimum absolute atomic E-state index is 0.218. The lowest BCUT2D eigenvalue weighted by Gasteiger charge is -2.33. The van der Waals surface area contributed by atoms with Crippen LogP contribution in [0.4, 0.5) is 11.4 Å². The molecule has 10 rings (SSSR count). The number of nitrogens with zero attached hydrogens (tertiary/aromatic N) is 1. The van der Waals surface area contributed by atoms with Crippen LogP contribution in [0.3, 0.4) is 0 Å². The molecule has 0 radical (unpaired) electrons. The highest BCUT2D eigenvalue weighted by molar-refractivity contribution is 6.03. The smallest absolute Gasteiger partial charge is 0.0559 e. The van der Waals surface area contributed by atoms with E-state index in [1.165, 1.54) is 83.0 Å². The van der Waals surface area contributed by atoms with Crippen molar-refractivity contribution in [3.05, 3.63) is 224 Å². The number of hydrogen-bond donors (Lipinski definition) is 0. The van der Waals surface area contributed by atoms with Gasteiger partial charge in [0.15, 0.2) is 0 Å². The summed E-state index contributed by atoms with van der Waals surface area (Å²) in [5.74, 6) is 0.465. The Bertz CT molecular complexity index is 2740. The van der Waals surface area contributed by atoms with Crippen molar-refractivity contribution >= 4 is 38.5 Å². The van der Waals surface area contributed by atoms with E-state index >= 15 is 0 Å². The van der Waals surface area contributed by atoms with Crippen LogP contribution in [0.2, 0.25) is 0 Å². The van der Waals surface area contributed by atoms with Crippen molar-refractivity contribution in [2.75, 3.05) is 4.90 Å². The second-order valence-corrected chi connectivity index (χ2v) is 14.8. The van der Waals surface area contributed by atoms with Crippen LogP contribution in [0.5, 0.6) is 0 Å². The Morgan fingerprint density at radius 1 is 0.418 bits per heavy atom. The van der Waals surface area contributed by atoms with Gasteiger partial charge in [-0.15, -0.1) is 0 Å². The van der Waals surface area contributed by atoms with Crippen LogP contribution in [-0.4, -0.2) is 6.04 Å². The number of rotatable bonds is 7. The fourth-order valence-electron chi connectivity index (χ4n) is 8.79. The van der Waals surface area contributed by atoms with Crippen LogP contribution >= 0.6 is 0 Å². The summed E-state index contributed by atoms with van der Waals surface area (Å²) in [5, 5.41) is 5.03. The fraction of sp³-hybridized carbons (Fsp3) is 0.0741. The monoisotopic (exact) mass is 703 g/mol. The molecule has 1 nitrogen and oxygen atoms in total. The van der Waals surface area contributed by atoms with Crippen molar-refractivity contribution in [1.29, 1.82) is 0 Å². The zero-order valence-corrected chi connectivity index (χ0v) is 30.7. The van der Waals surface area contributed by atoms with Crippen molar-refractivity contribution in [1.82, 2.24) is 0 Å². The van der Waals surface area contributed by atoms with E-state index in [-0.39, 0.29) is 6.04 Å². The lowest BCUT2D eigenvalue weighted by atomic mass is 9.82. The van der Waals surface area contributed by atoms with E-state index in [0.29, 0.717) is 5.92 Å². The van der Waals surface area contributed by atoms with Crippen LogP contribution in [0.15, 0.2) is 218 Å². The van der Waals surface area contributed by atoms with Crippen LogP contribution in [0, 0.1) is 5.92 Å². The van der Waals surface area contributed by atoms with Gasteiger partial charge in [-0.05, 0) is 115 Å². The lowest BCUT2D eigenvalue weighted by molar-refractivity contribution is 0.783. The van der Waals surface area contributed by atoms with Crippen molar-refractivity contribution in [3.63, 3.8) is 0 Å². The molecule has 0 saturated carbocycles. The third-order valence-corrected chi connectivity index (χ3v) is 11.5. The number of hydrogen-bond acceptors (Lipinski definition) is 1. The summed E-state index contributed by atoms with van der Waals surface area (Å²) in [6.07, 6.45) is 24.5. The molecule has 0 aliphatic heterocycles. The molecule has 0 amide bonds. The first-order valence-corrected chi connectivity index (χ1v) is 19.5. The number of fused-ring (bicyclic) bond motifs is 3. The maximum Gasteiger partial charge on any atom is 0.0559 e. The highest BCUT2D eigenvalue weighted by Crippen LogP contribution is 2.42. The van der Waals surface area contributed by atoms with Crippen molar-refractivity contribution in [2.45, 2.75) is 18.9 Å². The number of benzene rings is 7. The maximum absolute atomic E-state index is 2.49. The molecule has 2 unspecified atom stereocenters. The Morgan fingerprint density at radius 3 is 1.78 bits per heavy atom. The summed E-state index contributed by atoms with van der Waals surface area (Å²) in [4.78, 5) is 2.49. The van der Waals surface area contributed by atoms with Crippen LogP contribution in [0.1, 0.15) is 18.4 Å². The normalized spacial score (nSPS) is 17.2. The fourth-order valence-corrected chi connectivity index (χ4v) is 8.79. The van der Waals surface area contributed by atoms with E-state index in [2.05, 4.69) is 217 Å². The summed E-state index contributed by atoms with van der Waals surface area (Å²) < 4.78 is 0. The maximum atomic E-state index is 2.49. The van der Waals surface area contributed by atoms with Crippen LogP contribution in [-0.2, 0) is 0 Å².